The third-order valence-corrected chi connectivity index (χ3v) is 21.0. The molecule has 2 rings (SSSR count). The number of hydrogen-bond acceptors (Lipinski definition) is 6. The second-order valence-corrected chi connectivity index (χ2v) is 30.2. The van der Waals surface area contributed by atoms with E-state index in [0.29, 0.717) is 24.0 Å². The van der Waals surface area contributed by atoms with Gasteiger partial charge in [-0.3, -0.25) is 0 Å². The summed E-state index contributed by atoms with van der Waals surface area (Å²) in [6, 6.07) is 13.3. The van der Waals surface area contributed by atoms with E-state index in [1.54, 1.807) is 24.3 Å². The molecule has 2 aromatic carbocycles. The van der Waals surface area contributed by atoms with Crippen LogP contribution in [-0.4, -0.2) is 63.7 Å². The van der Waals surface area contributed by atoms with Crippen LogP contribution in [0.3, 0.4) is 0 Å². The molecule has 0 unspecified atom stereocenters. The molecule has 0 saturated heterocycles. The largest absolute Gasteiger partial charge is 2.00 e. The van der Waals surface area contributed by atoms with Crippen molar-refractivity contribution in [1.29, 1.82) is 0 Å². The van der Waals surface area contributed by atoms with Gasteiger partial charge in [0.15, 0.2) is 0 Å². The zero-order valence-corrected chi connectivity index (χ0v) is 63.1. The van der Waals surface area contributed by atoms with Gasteiger partial charge >= 0.3 is 37.7 Å². The van der Waals surface area contributed by atoms with Crippen LogP contribution in [0.5, 0.6) is 0 Å². The summed E-state index contributed by atoms with van der Waals surface area (Å²) in [5, 5.41) is 0. The predicted molar refractivity (Wildman–Crippen MR) is 389 cm³/mol. The van der Waals surface area contributed by atoms with E-state index in [1.165, 1.54) is 397 Å². The van der Waals surface area contributed by atoms with Gasteiger partial charge in [0.1, 0.15) is 20.2 Å². The van der Waals surface area contributed by atoms with Gasteiger partial charge in [-0.1, -0.05) is 448 Å². The quantitative estimate of drug-likeness (QED) is 0.0370. The monoisotopic (exact) mass is 1310 g/mol. The molecule has 89 heavy (non-hydrogen) atoms. The van der Waals surface area contributed by atoms with Crippen molar-refractivity contribution >= 4 is 58.0 Å². The Morgan fingerprint density at radius 2 is 0.337 bits per heavy atom. The van der Waals surface area contributed by atoms with Crippen molar-refractivity contribution in [3.05, 3.63) is 59.7 Å². The first-order valence-corrected chi connectivity index (χ1v) is 42.0. The van der Waals surface area contributed by atoms with E-state index >= 15 is 0 Å². The Balaban J connectivity index is 0.00000172. The molecule has 0 radical (unpaired) electrons. The Hall–Kier alpha value is -0.480. The molecule has 0 bridgehead atoms. The van der Waals surface area contributed by atoms with E-state index in [4.69, 9.17) is 0 Å². The van der Waals surface area contributed by atoms with Crippen LogP contribution in [0, 0.1) is 0 Å². The molecule has 0 atom stereocenters. The number of benzene rings is 2. The van der Waals surface area contributed by atoms with Crippen LogP contribution in [0.2, 0.25) is 0 Å². The fourth-order valence-electron chi connectivity index (χ4n) is 13.3. The molecule has 6 nitrogen and oxygen atoms in total. The van der Waals surface area contributed by atoms with Crippen LogP contribution in [0.25, 0.3) is 0 Å². The molecule has 2 aromatic rings. The maximum absolute atomic E-state index is 11.4. The molecule has 0 aliphatic carbocycles. The molecule has 0 spiro atoms. The van der Waals surface area contributed by atoms with Gasteiger partial charge in [0.05, 0.1) is 9.79 Å². The first-order chi connectivity index (χ1) is 43.1. The molecule has 0 aliphatic rings. The topological polar surface area (TPSA) is 114 Å². The number of rotatable bonds is 68. The number of hydrogen-bond donors (Lipinski definition) is 0. The van der Waals surface area contributed by atoms with Crippen molar-refractivity contribution in [3.63, 3.8) is 0 Å². The van der Waals surface area contributed by atoms with Crippen LogP contribution in [0.15, 0.2) is 58.3 Å². The van der Waals surface area contributed by atoms with Crippen LogP contribution < -0.4 is 0 Å². The molecule has 0 aromatic heterocycles. The summed E-state index contributed by atoms with van der Waals surface area (Å²) in [4.78, 5) is -0.0820. The molecule has 0 amide bonds. The summed E-state index contributed by atoms with van der Waals surface area (Å²) >= 11 is 0. The third kappa shape index (κ3) is 62.1. The maximum Gasteiger partial charge on any atom is 2.00 e. The van der Waals surface area contributed by atoms with Gasteiger partial charge in [-0.2, -0.15) is 0 Å². The minimum absolute atomic E-state index is 0. The summed E-state index contributed by atoms with van der Waals surface area (Å²) < 4.78 is 68.2. The first kappa shape index (κ1) is 88.5. The molecular formula is C80H146CaO6S2. The van der Waals surface area contributed by atoms with Crippen molar-refractivity contribution in [1.82, 2.24) is 0 Å². The zero-order valence-electron chi connectivity index (χ0n) is 59.3. The maximum atomic E-state index is 11.4. The molecule has 9 heteroatoms. The summed E-state index contributed by atoms with van der Waals surface area (Å²) in [5.41, 5.74) is 1.35. The SMILES string of the molecule is CCCCCCCCCCCCCCCCCCCCCCCCCCCCCCCCCCc1ccccc1S(=O)(=O)[O-].CCCCCCCCCCCCCCCCCCCCCCCCCCCCCCCCCCc1ccccc1S(=O)(=O)[O-].[Ca+2]. The zero-order chi connectivity index (χ0) is 63.6. The van der Waals surface area contributed by atoms with Crippen molar-refractivity contribution in [2.75, 3.05) is 0 Å². The minimum Gasteiger partial charge on any atom is -0.744 e. The Bertz CT molecular complexity index is 1820. The van der Waals surface area contributed by atoms with Crippen LogP contribution >= 0.6 is 0 Å². The van der Waals surface area contributed by atoms with Crippen LogP contribution in [0.1, 0.15) is 436 Å². The Kier molecular flexibility index (Phi) is 68.5. The molecule has 516 valence electrons. The molecular weight excluding hydrogens is 1160 g/mol. The van der Waals surface area contributed by atoms with Gasteiger partial charge in [0.2, 0.25) is 0 Å². The summed E-state index contributed by atoms with van der Waals surface area (Å²) in [5.74, 6) is 0. The number of aryl methyl sites for hydroxylation is 2. The molecule has 0 heterocycles. The second-order valence-electron chi connectivity index (χ2n) is 27.5. The van der Waals surface area contributed by atoms with Gasteiger partial charge in [0, 0.05) is 0 Å². The van der Waals surface area contributed by atoms with E-state index in [9.17, 15) is 25.9 Å². The van der Waals surface area contributed by atoms with Crippen molar-refractivity contribution in [3.8, 4) is 0 Å². The van der Waals surface area contributed by atoms with E-state index in [2.05, 4.69) is 13.8 Å². The third-order valence-electron chi connectivity index (χ3n) is 19.1. The fourth-order valence-corrected chi connectivity index (χ4v) is 14.8. The van der Waals surface area contributed by atoms with Crippen molar-refractivity contribution in [2.45, 2.75) is 447 Å². The van der Waals surface area contributed by atoms with Gasteiger partial charge in [-0.15, -0.1) is 0 Å². The molecule has 0 N–H and O–H groups in total. The molecule has 0 aliphatic heterocycles. The Morgan fingerprint density at radius 1 is 0.213 bits per heavy atom. The average molecular weight is 1310 g/mol. The molecule has 0 fully saturated rings. The van der Waals surface area contributed by atoms with Gasteiger partial charge in [-0.05, 0) is 48.9 Å². The van der Waals surface area contributed by atoms with E-state index in [-0.39, 0.29) is 47.5 Å². The summed E-state index contributed by atoms with van der Waals surface area (Å²) in [7, 11) is -8.73. The number of unbranched alkanes of at least 4 members (excludes halogenated alkanes) is 62. The van der Waals surface area contributed by atoms with Gasteiger partial charge < -0.3 is 9.11 Å². The van der Waals surface area contributed by atoms with Crippen molar-refractivity contribution < 1.29 is 25.9 Å². The first-order valence-electron chi connectivity index (χ1n) is 39.2. The Morgan fingerprint density at radius 3 is 0.472 bits per heavy atom. The summed E-state index contributed by atoms with van der Waals surface area (Å²) in [6.07, 6.45) is 90.9. The normalized spacial score (nSPS) is 11.7. The standard InChI is InChI=1S/2C40H74O3S.Ca/c2*1-2-3-4-5-6-7-8-9-10-11-12-13-14-15-16-17-18-19-20-21-22-23-24-25-26-27-28-29-30-31-32-33-36-39-37-34-35-38-40(39)44(41,42)43;/h2*34-35,37-38H,2-33,36H2,1H3,(H,41,42,43);/q;;+2/p-2. The smallest absolute Gasteiger partial charge is 0.744 e. The molecule has 0 saturated carbocycles. The second kappa shape index (κ2) is 68.9. The van der Waals surface area contributed by atoms with Gasteiger partial charge in [0.25, 0.3) is 0 Å². The fraction of sp³-hybridized carbons (Fsp3) is 0.850. The van der Waals surface area contributed by atoms with E-state index in [0.717, 1.165) is 25.7 Å². The van der Waals surface area contributed by atoms with Gasteiger partial charge in [-0.25, -0.2) is 16.8 Å². The predicted octanol–water partition coefficient (Wildman–Crippen LogP) is 26.9. The minimum atomic E-state index is -4.37. The van der Waals surface area contributed by atoms with Crippen LogP contribution in [0.4, 0.5) is 0 Å². The van der Waals surface area contributed by atoms with Crippen molar-refractivity contribution in [2.24, 2.45) is 0 Å². The van der Waals surface area contributed by atoms with E-state index in [1.807, 2.05) is 12.1 Å². The average Bonchev–Trinajstić information content (AvgIpc) is 1.90. The van der Waals surface area contributed by atoms with E-state index < -0.39 is 20.2 Å². The van der Waals surface area contributed by atoms with Crippen LogP contribution in [-0.2, 0) is 33.1 Å². The summed E-state index contributed by atoms with van der Waals surface area (Å²) in [6.45, 7) is 4.60. The Labute approximate surface area is 586 Å².